The molecule has 0 heterocycles. The van der Waals surface area contributed by atoms with Crippen LogP contribution < -0.4 is 10.1 Å². The summed E-state index contributed by atoms with van der Waals surface area (Å²) in [6.45, 7) is 0.381. The molecule has 3 rings (SSSR count). The SMILES string of the molecule is O=C(Nc1ccc(F)c(F)c1F)c1ccc(OCc2ccccc2)cc1. The molecule has 3 aromatic carbocycles. The number of carbonyl (C=O) groups excluding carboxylic acids is 1. The second-order valence-electron chi connectivity index (χ2n) is 5.48. The predicted molar refractivity (Wildman–Crippen MR) is 91.5 cm³/mol. The van der Waals surface area contributed by atoms with Crippen molar-refractivity contribution < 1.29 is 22.7 Å². The summed E-state index contributed by atoms with van der Waals surface area (Å²) in [7, 11) is 0. The second kappa shape index (κ2) is 7.74. The number of nitrogens with one attached hydrogen (secondary N) is 1. The van der Waals surface area contributed by atoms with Crippen molar-refractivity contribution in [3.05, 3.63) is 95.3 Å². The van der Waals surface area contributed by atoms with Gasteiger partial charge >= 0.3 is 0 Å². The first kappa shape index (κ1) is 17.5. The molecule has 0 saturated carbocycles. The van der Waals surface area contributed by atoms with Gasteiger partial charge in [-0.05, 0) is 42.0 Å². The first-order chi connectivity index (χ1) is 12.5. The van der Waals surface area contributed by atoms with E-state index in [1.54, 1.807) is 12.1 Å². The summed E-state index contributed by atoms with van der Waals surface area (Å²) in [5, 5.41) is 2.21. The van der Waals surface area contributed by atoms with Gasteiger partial charge in [-0.1, -0.05) is 30.3 Å². The smallest absolute Gasteiger partial charge is 0.255 e. The topological polar surface area (TPSA) is 38.3 Å². The Morgan fingerprint density at radius 3 is 2.23 bits per heavy atom. The highest BCUT2D eigenvalue weighted by atomic mass is 19.2. The highest BCUT2D eigenvalue weighted by Crippen LogP contribution is 2.21. The molecule has 0 aliphatic carbocycles. The standard InChI is InChI=1S/C20H14F3NO2/c21-16-10-11-17(19(23)18(16)22)24-20(25)14-6-8-15(9-7-14)26-12-13-4-2-1-3-5-13/h1-11H,12H2,(H,24,25). The van der Waals surface area contributed by atoms with E-state index in [1.165, 1.54) is 12.1 Å². The van der Waals surface area contributed by atoms with Crippen molar-refractivity contribution in [3.8, 4) is 5.75 Å². The van der Waals surface area contributed by atoms with Crippen LogP contribution in [0.5, 0.6) is 5.75 Å². The van der Waals surface area contributed by atoms with Crippen molar-refractivity contribution in [2.75, 3.05) is 5.32 Å². The molecule has 0 unspecified atom stereocenters. The number of carbonyl (C=O) groups is 1. The van der Waals surface area contributed by atoms with Crippen molar-refractivity contribution in [1.82, 2.24) is 0 Å². The fraction of sp³-hybridized carbons (Fsp3) is 0.0500. The molecule has 3 nitrogen and oxygen atoms in total. The van der Waals surface area contributed by atoms with Crippen LogP contribution >= 0.6 is 0 Å². The van der Waals surface area contributed by atoms with Gasteiger partial charge in [-0.15, -0.1) is 0 Å². The molecule has 0 aliphatic heterocycles. The zero-order valence-electron chi connectivity index (χ0n) is 13.5. The number of amides is 1. The number of hydrogen-bond acceptors (Lipinski definition) is 2. The Morgan fingerprint density at radius 1 is 0.846 bits per heavy atom. The average molecular weight is 357 g/mol. The van der Waals surface area contributed by atoms with E-state index in [0.29, 0.717) is 12.4 Å². The molecule has 0 radical (unpaired) electrons. The van der Waals surface area contributed by atoms with Crippen molar-refractivity contribution in [1.29, 1.82) is 0 Å². The third-order valence-electron chi connectivity index (χ3n) is 3.65. The molecule has 26 heavy (non-hydrogen) atoms. The van der Waals surface area contributed by atoms with E-state index < -0.39 is 29.0 Å². The minimum absolute atomic E-state index is 0.223. The maximum atomic E-state index is 13.6. The van der Waals surface area contributed by atoms with E-state index >= 15 is 0 Å². The Balaban J connectivity index is 1.64. The van der Waals surface area contributed by atoms with Gasteiger partial charge < -0.3 is 10.1 Å². The van der Waals surface area contributed by atoms with Crippen LogP contribution in [0.3, 0.4) is 0 Å². The van der Waals surface area contributed by atoms with Gasteiger partial charge in [0.15, 0.2) is 17.5 Å². The molecule has 0 spiro atoms. The number of ether oxygens (including phenoxy) is 1. The monoisotopic (exact) mass is 357 g/mol. The maximum absolute atomic E-state index is 13.6. The summed E-state index contributed by atoms with van der Waals surface area (Å²) in [6.07, 6.45) is 0. The van der Waals surface area contributed by atoms with Gasteiger partial charge in [-0.25, -0.2) is 13.2 Å². The highest BCUT2D eigenvalue weighted by molar-refractivity contribution is 6.04. The first-order valence-corrected chi connectivity index (χ1v) is 7.76. The molecule has 1 amide bonds. The van der Waals surface area contributed by atoms with Crippen LogP contribution in [-0.4, -0.2) is 5.91 Å². The maximum Gasteiger partial charge on any atom is 0.255 e. The molecule has 0 saturated heterocycles. The fourth-order valence-corrected chi connectivity index (χ4v) is 2.26. The molecular weight excluding hydrogens is 343 g/mol. The van der Waals surface area contributed by atoms with E-state index in [-0.39, 0.29) is 5.56 Å². The molecule has 0 aromatic heterocycles. The number of anilines is 1. The lowest BCUT2D eigenvalue weighted by Gasteiger charge is -2.09. The van der Waals surface area contributed by atoms with Gasteiger partial charge in [-0.3, -0.25) is 4.79 Å². The van der Waals surface area contributed by atoms with E-state index in [1.807, 2.05) is 30.3 Å². The lowest BCUT2D eigenvalue weighted by molar-refractivity contribution is 0.102. The van der Waals surface area contributed by atoms with E-state index in [4.69, 9.17) is 4.74 Å². The van der Waals surface area contributed by atoms with Crippen molar-refractivity contribution >= 4 is 11.6 Å². The van der Waals surface area contributed by atoms with Gasteiger partial charge in [0.2, 0.25) is 0 Å². The normalized spacial score (nSPS) is 10.4. The molecule has 0 bridgehead atoms. The fourth-order valence-electron chi connectivity index (χ4n) is 2.26. The van der Waals surface area contributed by atoms with Crippen LogP contribution in [0.15, 0.2) is 66.7 Å². The summed E-state index contributed by atoms with van der Waals surface area (Å²) in [5.74, 6) is -4.48. The summed E-state index contributed by atoms with van der Waals surface area (Å²) in [4.78, 5) is 12.1. The molecule has 0 aliphatic rings. The number of halogens is 3. The quantitative estimate of drug-likeness (QED) is 0.657. The highest BCUT2D eigenvalue weighted by Gasteiger charge is 2.16. The van der Waals surface area contributed by atoms with E-state index in [9.17, 15) is 18.0 Å². The Labute approximate surface area is 148 Å². The number of rotatable bonds is 5. The van der Waals surface area contributed by atoms with Crippen molar-refractivity contribution in [3.63, 3.8) is 0 Å². The summed E-state index contributed by atoms with van der Waals surface area (Å²) < 4.78 is 45.3. The molecule has 132 valence electrons. The van der Waals surface area contributed by atoms with Crippen LogP contribution in [0.4, 0.5) is 18.9 Å². The third kappa shape index (κ3) is 4.03. The van der Waals surface area contributed by atoms with Crippen molar-refractivity contribution in [2.45, 2.75) is 6.61 Å². The van der Waals surface area contributed by atoms with Crippen LogP contribution in [0.1, 0.15) is 15.9 Å². The summed E-state index contributed by atoms with van der Waals surface area (Å²) in [6, 6.07) is 17.5. The third-order valence-corrected chi connectivity index (χ3v) is 3.65. The molecule has 0 fully saturated rings. The molecule has 0 atom stereocenters. The second-order valence-corrected chi connectivity index (χ2v) is 5.48. The number of hydrogen-bond donors (Lipinski definition) is 1. The summed E-state index contributed by atoms with van der Waals surface area (Å²) >= 11 is 0. The van der Waals surface area contributed by atoms with Crippen LogP contribution in [0.2, 0.25) is 0 Å². The van der Waals surface area contributed by atoms with Gasteiger partial charge in [0, 0.05) is 5.56 Å². The predicted octanol–water partition coefficient (Wildman–Crippen LogP) is 4.94. The Hall–Kier alpha value is -3.28. The van der Waals surface area contributed by atoms with Gasteiger partial charge in [0.05, 0.1) is 5.69 Å². The lowest BCUT2D eigenvalue weighted by atomic mass is 10.2. The summed E-state index contributed by atoms with van der Waals surface area (Å²) in [5.41, 5.74) is 0.794. The van der Waals surface area contributed by atoms with Crippen LogP contribution in [0.25, 0.3) is 0 Å². The minimum Gasteiger partial charge on any atom is -0.489 e. The minimum atomic E-state index is -1.63. The van der Waals surface area contributed by atoms with Gasteiger partial charge in [0.25, 0.3) is 5.91 Å². The molecule has 6 heteroatoms. The van der Waals surface area contributed by atoms with E-state index in [0.717, 1.165) is 17.7 Å². The lowest BCUT2D eigenvalue weighted by Crippen LogP contribution is -2.13. The van der Waals surface area contributed by atoms with Gasteiger partial charge in [0.1, 0.15) is 12.4 Å². The zero-order chi connectivity index (χ0) is 18.5. The molecular formula is C20H14F3NO2. The van der Waals surface area contributed by atoms with Crippen LogP contribution in [-0.2, 0) is 6.61 Å². The van der Waals surface area contributed by atoms with Gasteiger partial charge in [-0.2, -0.15) is 0 Å². The Morgan fingerprint density at radius 2 is 1.54 bits per heavy atom. The first-order valence-electron chi connectivity index (χ1n) is 7.76. The Kier molecular flexibility index (Phi) is 5.22. The van der Waals surface area contributed by atoms with Crippen molar-refractivity contribution in [2.24, 2.45) is 0 Å². The average Bonchev–Trinajstić information content (AvgIpc) is 2.68. The largest absolute Gasteiger partial charge is 0.489 e. The zero-order valence-corrected chi connectivity index (χ0v) is 13.5. The van der Waals surface area contributed by atoms with Crippen LogP contribution in [0, 0.1) is 17.5 Å². The number of benzene rings is 3. The molecule has 1 N–H and O–H groups in total. The Bertz CT molecular complexity index is 912. The molecule has 3 aromatic rings. The van der Waals surface area contributed by atoms with E-state index in [2.05, 4.69) is 5.32 Å².